The second kappa shape index (κ2) is 4.83. The smallest absolute Gasteiger partial charge is 0.273 e. The Morgan fingerprint density at radius 2 is 2.35 bits per heavy atom. The first-order chi connectivity index (χ1) is 8.09. The zero-order valence-electron chi connectivity index (χ0n) is 9.64. The van der Waals surface area contributed by atoms with Crippen molar-refractivity contribution in [1.29, 1.82) is 0 Å². The van der Waals surface area contributed by atoms with E-state index in [0.717, 1.165) is 0 Å². The fraction of sp³-hybridized carbons (Fsp3) is 0.364. The van der Waals surface area contributed by atoms with E-state index < -0.39 is 0 Å². The number of amides is 1. The molecule has 6 heteroatoms. The van der Waals surface area contributed by atoms with Gasteiger partial charge >= 0.3 is 0 Å². The molecular weight excluding hydrogens is 284 g/mol. The summed E-state index contributed by atoms with van der Waals surface area (Å²) in [6, 6.07) is 1.77. The van der Waals surface area contributed by atoms with E-state index in [-0.39, 0.29) is 5.91 Å². The SMILES string of the molecule is CC(C)CNC(=O)c1nn2cccnc2c1Br. The third-order valence-electron chi connectivity index (χ3n) is 2.23. The third kappa shape index (κ3) is 2.46. The summed E-state index contributed by atoms with van der Waals surface area (Å²) in [5.74, 6) is 0.226. The van der Waals surface area contributed by atoms with Crippen molar-refractivity contribution in [3.63, 3.8) is 0 Å². The quantitative estimate of drug-likeness (QED) is 0.941. The summed E-state index contributed by atoms with van der Waals surface area (Å²) in [5.41, 5.74) is 1.01. The molecule has 0 radical (unpaired) electrons. The molecule has 0 aromatic carbocycles. The maximum absolute atomic E-state index is 11.9. The lowest BCUT2D eigenvalue weighted by molar-refractivity contribution is 0.0943. The Morgan fingerprint density at radius 1 is 1.59 bits per heavy atom. The fourth-order valence-corrected chi connectivity index (χ4v) is 1.93. The molecule has 0 aliphatic rings. The average molecular weight is 297 g/mol. The topological polar surface area (TPSA) is 59.3 Å². The van der Waals surface area contributed by atoms with Crippen LogP contribution in [0.5, 0.6) is 0 Å². The fourth-order valence-electron chi connectivity index (χ4n) is 1.38. The number of nitrogens with zero attached hydrogens (tertiary/aromatic N) is 3. The molecule has 0 unspecified atom stereocenters. The van der Waals surface area contributed by atoms with Crippen LogP contribution in [-0.2, 0) is 0 Å². The summed E-state index contributed by atoms with van der Waals surface area (Å²) in [4.78, 5) is 16.0. The van der Waals surface area contributed by atoms with Crippen LogP contribution in [0.4, 0.5) is 0 Å². The molecule has 2 heterocycles. The summed E-state index contributed by atoms with van der Waals surface area (Å²) < 4.78 is 2.20. The number of rotatable bonds is 3. The normalized spacial score (nSPS) is 11.1. The molecule has 0 bridgehead atoms. The van der Waals surface area contributed by atoms with E-state index in [1.165, 1.54) is 0 Å². The van der Waals surface area contributed by atoms with Gasteiger partial charge in [-0.25, -0.2) is 9.50 Å². The Bertz CT molecular complexity index is 549. The molecule has 2 aromatic rings. The molecule has 0 spiro atoms. The van der Waals surface area contributed by atoms with E-state index in [2.05, 4.69) is 31.3 Å². The van der Waals surface area contributed by atoms with Crippen molar-refractivity contribution in [2.45, 2.75) is 13.8 Å². The van der Waals surface area contributed by atoms with Crippen LogP contribution in [-0.4, -0.2) is 27.0 Å². The van der Waals surface area contributed by atoms with Crippen LogP contribution in [0.15, 0.2) is 22.9 Å². The minimum atomic E-state index is -0.184. The summed E-state index contributed by atoms with van der Waals surface area (Å²) in [7, 11) is 0. The maximum atomic E-state index is 11.9. The van der Waals surface area contributed by atoms with E-state index in [1.807, 2.05) is 13.8 Å². The predicted octanol–water partition coefficient (Wildman–Crippen LogP) is 1.88. The molecule has 17 heavy (non-hydrogen) atoms. The summed E-state index contributed by atoms with van der Waals surface area (Å²) >= 11 is 3.35. The number of carbonyl (C=O) groups excluding carboxylic acids is 1. The van der Waals surface area contributed by atoms with Gasteiger partial charge in [-0.3, -0.25) is 4.79 Å². The van der Waals surface area contributed by atoms with Gasteiger partial charge in [-0.1, -0.05) is 13.8 Å². The van der Waals surface area contributed by atoms with Crippen LogP contribution >= 0.6 is 15.9 Å². The highest BCUT2D eigenvalue weighted by Gasteiger charge is 2.17. The van der Waals surface area contributed by atoms with Crippen LogP contribution in [0.1, 0.15) is 24.3 Å². The van der Waals surface area contributed by atoms with Crippen LogP contribution in [0, 0.1) is 5.92 Å². The summed E-state index contributed by atoms with van der Waals surface area (Å²) in [6.07, 6.45) is 3.42. The van der Waals surface area contributed by atoms with Crippen molar-refractivity contribution < 1.29 is 4.79 Å². The van der Waals surface area contributed by atoms with Crippen LogP contribution in [0.25, 0.3) is 5.65 Å². The highest BCUT2D eigenvalue weighted by atomic mass is 79.9. The molecule has 2 rings (SSSR count). The molecule has 0 fully saturated rings. The van der Waals surface area contributed by atoms with E-state index in [4.69, 9.17) is 0 Å². The molecule has 0 atom stereocenters. The van der Waals surface area contributed by atoms with Gasteiger partial charge in [-0.05, 0) is 27.9 Å². The monoisotopic (exact) mass is 296 g/mol. The molecule has 0 saturated carbocycles. The van der Waals surface area contributed by atoms with Gasteiger partial charge < -0.3 is 5.32 Å². The van der Waals surface area contributed by atoms with Gasteiger partial charge in [-0.15, -0.1) is 0 Å². The zero-order chi connectivity index (χ0) is 12.4. The Kier molecular flexibility index (Phi) is 3.42. The zero-order valence-corrected chi connectivity index (χ0v) is 11.2. The number of fused-ring (bicyclic) bond motifs is 1. The van der Waals surface area contributed by atoms with Gasteiger partial charge in [0.15, 0.2) is 11.3 Å². The number of hydrogen-bond donors (Lipinski definition) is 1. The molecule has 0 saturated heterocycles. The Morgan fingerprint density at radius 3 is 3.00 bits per heavy atom. The van der Waals surface area contributed by atoms with Crippen molar-refractivity contribution in [1.82, 2.24) is 19.9 Å². The molecule has 2 aromatic heterocycles. The molecular formula is C11H13BrN4O. The molecule has 0 aliphatic carbocycles. The van der Waals surface area contributed by atoms with E-state index in [0.29, 0.717) is 28.3 Å². The lowest BCUT2D eigenvalue weighted by Gasteiger charge is -2.05. The highest BCUT2D eigenvalue weighted by Crippen LogP contribution is 2.20. The van der Waals surface area contributed by atoms with Gasteiger partial charge in [0, 0.05) is 18.9 Å². The molecule has 1 N–H and O–H groups in total. The Labute approximate surface area is 107 Å². The van der Waals surface area contributed by atoms with Crippen molar-refractivity contribution in [2.24, 2.45) is 5.92 Å². The minimum Gasteiger partial charge on any atom is -0.350 e. The van der Waals surface area contributed by atoms with Gasteiger partial charge in [0.1, 0.15) is 0 Å². The van der Waals surface area contributed by atoms with E-state index in [1.54, 1.807) is 23.0 Å². The first-order valence-corrected chi connectivity index (χ1v) is 6.16. The molecule has 90 valence electrons. The third-order valence-corrected chi connectivity index (χ3v) is 2.96. The maximum Gasteiger partial charge on any atom is 0.273 e. The van der Waals surface area contributed by atoms with Gasteiger partial charge in [0.25, 0.3) is 5.91 Å². The summed E-state index contributed by atoms with van der Waals surface area (Å²) in [6.45, 7) is 4.72. The van der Waals surface area contributed by atoms with Crippen molar-refractivity contribution in [3.8, 4) is 0 Å². The van der Waals surface area contributed by atoms with Crippen molar-refractivity contribution in [3.05, 3.63) is 28.6 Å². The first kappa shape index (κ1) is 12.0. The Balaban J connectivity index is 2.29. The van der Waals surface area contributed by atoms with E-state index >= 15 is 0 Å². The number of carbonyl (C=O) groups is 1. The van der Waals surface area contributed by atoms with Crippen LogP contribution in [0.3, 0.4) is 0 Å². The number of aromatic nitrogens is 3. The average Bonchev–Trinajstić information content (AvgIpc) is 2.64. The molecule has 1 amide bonds. The van der Waals surface area contributed by atoms with Gasteiger partial charge in [0.2, 0.25) is 0 Å². The standard InChI is InChI=1S/C11H13BrN4O/c1-7(2)6-14-11(17)9-8(12)10-13-4-3-5-16(10)15-9/h3-5,7H,6H2,1-2H3,(H,14,17). The Hall–Kier alpha value is -1.43. The molecule has 0 aliphatic heterocycles. The highest BCUT2D eigenvalue weighted by molar-refractivity contribution is 9.10. The second-order valence-electron chi connectivity index (χ2n) is 4.15. The van der Waals surface area contributed by atoms with Gasteiger partial charge in [0.05, 0.1) is 4.47 Å². The summed E-state index contributed by atoms with van der Waals surface area (Å²) in [5, 5.41) is 7.01. The van der Waals surface area contributed by atoms with Crippen molar-refractivity contribution >= 4 is 27.5 Å². The largest absolute Gasteiger partial charge is 0.350 e. The van der Waals surface area contributed by atoms with Crippen LogP contribution in [0.2, 0.25) is 0 Å². The minimum absolute atomic E-state index is 0.184. The van der Waals surface area contributed by atoms with Crippen LogP contribution < -0.4 is 5.32 Å². The predicted molar refractivity (Wildman–Crippen MR) is 67.9 cm³/mol. The number of hydrogen-bond acceptors (Lipinski definition) is 3. The lowest BCUT2D eigenvalue weighted by Crippen LogP contribution is -2.27. The number of halogens is 1. The van der Waals surface area contributed by atoms with Crippen molar-refractivity contribution in [2.75, 3.05) is 6.54 Å². The lowest BCUT2D eigenvalue weighted by atomic mass is 10.2. The number of nitrogens with one attached hydrogen (secondary N) is 1. The second-order valence-corrected chi connectivity index (χ2v) is 4.95. The van der Waals surface area contributed by atoms with E-state index in [9.17, 15) is 4.79 Å². The van der Waals surface area contributed by atoms with Gasteiger partial charge in [-0.2, -0.15) is 5.10 Å². The molecule has 5 nitrogen and oxygen atoms in total. The first-order valence-electron chi connectivity index (χ1n) is 5.36.